The fourth-order valence-corrected chi connectivity index (χ4v) is 3.12. The topological polar surface area (TPSA) is 82.8 Å². The molecule has 0 fully saturated rings. The number of hydrogen-bond acceptors (Lipinski definition) is 4. The molecule has 0 saturated carbocycles. The minimum Gasteiger partial charge on any atom is -0.383 e. The van der Waals surface area contributed by atoms with Crippen molar-refractivity contribution in [3.8, 4) is 0 Å². The average Bonchev–Trinajstić information content (AvgIpc) is 2.83. The van der Waals surface area contributed by atoms with Gasteiger partial charge in [0.05, 0.1) is 10.9 Å². The van der Waals surface area contributed by atoms with Gasteiger partial charge >= 0.3 is 0 Å². The van der Waals surface area contributed by atoms with Gasteiger partial charge in [0.2, 0.25) is 5.95 Å². The number of rotatable bonds is 2. The fourth-order valence-electron chi connectivity index (χ4n) is 3.12. The quantitative estimate of drug-likeness (QED) is 0.596. The molecule has 2 aromatic carbocycles. The third kappa shape index (κ3) is 2.17. The molecule has 0 bridgehead atoms. The van der Waals surface area contributed by atoms with Crippen LogP contribution in [0.2, 0.25) is 0 Å². The lowest BCUT2D eigenvalue weighted by atomic mass is 10.1. The molecular weight excluding hydrogens is 286 g/mol. The lowest BCUT2D eigenvalue weighted by Crippen LogP contribution is -2.02. The van der Waals surface area contributed by atoms with E-state index in [0.717, 1.165) is 28.4 Å². The highest BCUT2D eigenvalue weighted by Crippen LogP contribution is 2.31. The predicted octanol–water partition coefficient (Wildman–Crippen LogP) is 3.11. The van der Waals surface area contributed by atoms with Crippen molar-refractivity contribution in [2.45, 2.75) is 13.5 Å². The summed E-state index contributed by atoms with van der Waals surface area (Å²) in [6, 6.07) is 16.6. The number of benzene rings is 2. The SMILES string of the molecule is Cc1cc2c3c(N)nc(N)nc3ccc2n1Cc1ccccc1. The van der Waals surface area contributed by atoms with E-state index in [1.807, 2.05) is 12.1 Å². The molecule has 2 heterocycles. The first-order chi connectivity index (χ1) is 11.1. The summed E-state index contributed by atoms with van der Waals surface area (Å²) in [6.45, 7) is 2.92. The summed E-state index contributed by atoms with van der Waals surface area (Å²) in [5, 5.41) is 1.93. The molecule has 23 heavy (non-hydrogen) atoms. The number of anilines is 2. The second-order valence-electron chi connectivity index (χ2n) is 5.72. The number of nitrogens with two attached hydrogens (primary N) is 2. The second kappa shape index (κ2) is 4.98. The first-order valence-electron chi connectivity index (χ1n) is 7.49. The summed E-state index contributed by atoms with van der Waals surface area (Å²) in [5.74, 6) is 0.629. The van der Waals surface area contributed by atoms with Gasteiger partial charge in [-0.1, -0.05) is 30.3 Å². The zero-order chi connectivity index (χ0) is 16.0. The minimum absolute atomic E-state index is 0.204. The van der Waals surface area contributed by atoms with Gasteiger partial charge in [0, 0.05) is 23.1 Å². The van der Waals surface area contributed by atoms with Gasteiger partial charge in [-0.15, -0.1) is 0 Å². The molecule has 0 aliphatic rings. The maximum absolute atomic E-state index is 6.09. The Bertz CT molecular complexity index is 1020. The van der Waals surface area contributed by atoms with Crippen LogP contribution in [0.3, 0.4) is 0 Å². The number of aryl methyl sites for hydroxylation is 1. The van der Waals surface area contributed by atoms with Crippen LogP contribution in [-0.4, -0.2) is 14.5 Å². The Labute approximate surface area is 133 Å². The molecule has 5 heteroatoms. The van der Waals surface area contributed by atoms with Crippen molar-refractivity contribution in [2.75, 3.05) is 11.5 Å². The van der Waals surface area contributed by atoms with Gasteiger partial charge in [0.25, 0.3) is 0 Å². The summed E-state index contributed by atoms with van der Waals surface area (Å²) < 4.78 is 2.28. The van der Waals surface area contributed by atoms with E-state index in [-0.39, 0.29) is 5.95 Å². The van der Waals surface area contributed by atoms with Crippen LogP contribution in [0.4, 0.5) is 11.8 Å². The van der Waals surface area contributed by atoms with Crippen LogP contribution < -0.4 is 11.5 Å². The molecule has 0 atom stereocenters. The van der Waals surface area contributed by atoms with Gasteiger partial charge in [-0.2, -0.15) is 4.98 Å². The van der Waals surface area contributed by atoms with E-state index in [2.05, 4.69) is 57.9 Å². The van der Waals surface area contributed by atoms with Gasteiger partial charge in [-0.05, 0) is 30.7 Å². The fraction of sp³-hybridized carbons (Fsp3) is 0.111. The smallest absolute Gasteiger partial charge is 0.222 e. The van der Waals surface area contributed by atoms with E-state index < -0.39 is 0 Å². The third-order valence-electron chi connectivity index (χ3n) is 4.18. The van der Waals surface area contributed by atoms with Crippen LogP contribution in [0, 0.1) is 6.92 Å². The van der Waals surface area contributed by atoms with Crippen molar-refractivity contribution in [2.24, 2.45) is 0 Å². The summed E-state index contributed by atoms with van der Waals surface area (Å²) in [7, 11) is 0. The Hall–Kier alpha value is -3.08. The highest BCUT2D eigenvalue weighted by molar-refractivity contribution is 6.10. The van der Waals surface area contributed by atoms with Crippen molar-refractivity contribution >= 4 is 33.6 Å². The highest BCUT2D eigenvalue weighted by atomic mass is 15.0. The van der Waals surface area contributed by atoms with Crippen LogP contribution in [0.1, 0.15) is 11.3 Å². The normalized spacial score (nSPS) is 11.3. The van der Waals surface area contributed by atoms with E-state index >= 15 is 0 Å². The zero-order valence-electron chi connectivity index (χ0n) is 12.8. The second-order valence-corrected chi connectivity index (χ2v) is 5.72. The number of hydrogen-bond donors (Lipinski definition) is 2. The van der Waals surface area contributed by atoms with Gasteiger partial charge in [0.15, 0.2) is 0 Å². The third-order valence-corrected chi connectivity index (χ3v) is 4.18. The van der Waals surface area contributed by atoms with Crippen LogP contribution in [-0.2, 0) is 6.54 Å². The molecule has 0 aliphatic heterocycles. The van der Waals surface area contributed by atoms with Crippen molar-refractivity contribution in [3.63, 3.8) is 0 Å². The maximum atomic E-state index is 6.09. The molecule has 0 aliphatic carbocycles. The van der Waals surface area contributed by atoms with Crippen LogP contribution in [0.25, 0.3) is 21.8 Å². The summed E-state index contributed by atoms with van der Waals surface area (Å²) in [5.41, 5.74) is 16.1. The lowest BCUT2D eigenvalue weighted by molar-refractivity contribution is 0.805. The van der Waals surface area contributed by atoms with E-state index in [9.17, 15) is 0 Å². The van der Waals surface area contributed by atoms with Crippen molar-refractivity contribution in [1.29, 1.82) is 0 Å². The monoisotopic (exact) mass is 303 g/mol. The average molecular weight is 303 g/mol. The lowest BCUT2D eigenvalue weighted by Gasteiger charge is -2.09. The molecule has 4 rings (SSSR count). The highest BCUT2D eigenvalue weighted by Gasteiger charge is 2.13. The number of nitrogen functional groups attached to an aromatic ring is 2. The molecule has 114 valence electrons. The van der Waals surface area contributed by atoms with Gasteiger partial charge in [-0.3, -0.25) is 0 Å². The largest absolute Gasteiger partial charge is 0.383 e. The maximum Gasteiger partial charge on any atom is 0.222 e. The number of aromatic nitrogens is 3. The molecule has 0 saturated heterocycles. The van der Waals surface area contributed by atoms with Gasteiger partial charge in [0.1, 0.15) is 5.82 Å². The van der Waals surface area contributed by atoms with Crippen LogP contribution in [0.15, 0.2) is 48.5 Å². The summed E-state index contributed by atoms with van der Waals surface area (Å²) in [4.78, 5) is 8.40. The Morgan fingerprint density at radius 1 is 1.00 bits per heavy atom. The number of nitrogens with zero attached hydrogens (tertiary/aromatic N) is 3. The zero-order valence-corrected chi connectivity index (χ0v) is 12.8. The van der Waals surface area contributed by atoms with Crippen LogP contribution in [0.5, 0.6) is 0 Å². The number of fused-ring (bicyclic) bond motifs is 3. The Morgan fingerprint density at radius 3 is 2.57 bits per heavy atom. The van der Waals surface area contributed by atoms with Gasteiger partial charge < -0.3 is 16.0 Å². The summed E-state index contributed by atoms with van der Waals surface area (Å²) in [6.07, 6.45) is 0. The molecule has 0 unspecified atom stereocenters. The molecule has 5 nitrogen and oxygen atoms in total. The van der Waals surface area contributed by atoms with Crippen molar-refractivity contribution in [1.82, 2.24) is 14.5 Å². The van der Waals surface area contributed by atoms with Gasteiger partial charge in [-0.25, -0.2) is 4.98 Å². The first-order valence-corrected chi connectivity index (χ1v) is 7.49. The molecule has 4 N–H and O–H groups in total. The van der Waals surface area contributed by atoms with E-state index in [0.29, 0.717) is 5.82 Å². The predicted molar refractivity (Wildman–Crippen MR) is 94.1 cm³/mol. The van der Waals surface area contributed by atoms with E-state index in [1.165, 1.54) is 11.3 Å². The molecule has 0 radical (unpaired) electrons. The van der Waals surface area contributed by atoms with E-state index in [4.69, 9.17) is 11.5 Å². The molecule has 4 aromatic rings. The van der Waals surface area contributed by atoms with Crippen molar-refractivity contribution in [3.05, 3.63) is 59.8 Å². The Morgan fingerprint density at radius 2 is 1.78 bits per heavy atom. The Balaban J connectivity index is 1.97. The standard InChI is InChI=1S/C18H17N5/c1-11-9-13-15(23(11)10-12-5-3-2-4-6-12)8-7-14-16(13)17(19)22-18(20)21-14/h2-9H,10H2,1H3,(H4,19,20,21,22). The molecule has 0 spiro atoms. The Kier molecular flexibility index (Phi) is 2.94. The minimum atomic E-state index is 0.204. The van der Waals surface area contributed by atoms with Crippen LogP contribution >= 0.6 is 0 Å². The molecule has 2 aromatic heterocycles. The molecular formula is C18H17N5. The van der Waals surface area contributed by atoms with Crippen molar-refractivity contribution < 1.29 is 0 Å². The molecule has 0 amide bonds. The van der Waals surface area contributed by atoms with E-state index in [1.54, 1.807) is 0 Å². The summed E-state index contributed by atoms with van der Waals surface area (Å²) >= 11 is 0. The first kappa shape index (κ1) is 13.6.